The second kappa shape index (κ2) is 13.2. The first kappa shape index (κ1) is 28.3. The molecule has 2 aromatic rings. The van der Waals surface area contributed by atoms with Gasteiger partial charge in [-0.15, -0.1) is 5.10 Å². The summed E-state index contributed by atoms with van der Waals surface area (Å²) in [7, 11) is 0. The van der Waals surface area contributed by atoms with Gasteiger partial charge in [0.2, 0.25) is 11.7 Å². The number of carboxylic acids is 1. The fraction of sp³-hybridized carbons (Fsp3) is 0.500. The Kier molecular flexibility index (Phi) is 10.4. The Morgan fingerprint density at radius 2 is 1.61 bits per heavy atom. The van der Waals surface area contributed by atoms with E-state index in [1.807, 2.05) is 45.9 Å². The number of carboxylic acid groups (broad SMARTS) is 1. The van der Waals surface area contributed by atoms with Crippen LogP contribution < -0.4 is 16.4 Å². The summed E-state index contributed by atoms with van der Waals surface area (Å²) < 4.78 is 10.6. The fourth-order valence-electron chi connectivity index (χ4n) is 3.37. The third kappa shape index (κ3) is 9.01. The standard InChI is InChI=1S/C24H32N4O8/c1-14(2)10-17(20(31)22-27-28(12-19(29)30)24(34)36-22)25-21(32)18(11-15(3)4)26-23(33)35-13-16-8-6-5-7-9-16/h5-9,14-15,17-18H,10-13H2,1-4H3,(H,25,32)(H,26,33)(H,29,30). The molecule has 0 fully saturated rings. The van der Waals surface area contributed by atoms with Crippen LogP contribution in [0.4, 0.5) is 4.79 Å². The quantitative estimate of drug-likeness (QED) is 0.345. The summed E-state index contributed by atoms with van der Waals surface area (Å²) in [5.74, 6) is -4.46. The normalized spacial score (nSPS) is 12.7. The summed E-state index contributed by atoms with van der Waals surface area (Å²) in [5.41, 5.74) is 0.781. The predicted octanol–water partition coefficient (Wildman–Crippen LogP) is 1.98. The number of ketones is 1. The Balaban J connectivity index is 2.14. The number of aliphatic carboxylic acids is 1. The van der Waals surface area contributed by atoms with Crippen molar-refractivity contribution in [3.63, 3.8) is 0 Å². The van der Waals surface area contributed by atoms with Crippen molar-refractivity contribution in [1.82, 2.24) is 20.4 Å². The number of rotatable bonds is 13. The van der Waals surface area contributed by atoms with E-state index in [2.05, 4.69) is 15.7 Å². The molecule has 0 aliphatic carbocycles. The molecule has 2 rings (SSSR count). The first-order chi connectivity index (χ1) is 17.0. The minimum atomic E-state index is -1.34. The fourth-order valence-corrected chi connectivity index (χ4v) is 3.37. The zero-order valence-electron chi connectivity index (χ0n) is 20.7. The molecule has 2 atom stereocenters. The van der Waals surface area contributed by atoms with Gasteiger partial charge < -0.3 is 24.9 Å². The molecule has 3 N–H and O–H groups in total. The Labute approximate surface area is 208 Å². The van der Waals surface area contributed by atoms with Crippen LogP contribution in [0.25, 0.3) is 0 Å². The Bertz CT molecular complexity index is 1110. The van der Waals surface area contributed by atoms with Gasteiger partial charge in [-0.3, -0.25) is 14.4 Å². The molecule has 12 nitrogen and oxygen atoms in total. The molecule has 0 spiro atoms. The van der Waals surface area contributed by atoms with Gasteiger partial charge in [-0.25, -0.2) is 9.59 Å². The number of nitrogens with one attached hydrogen (secondary N) is 2. The molecule has 1 aromatic heterocycles. The first-order valence-electron chi connectivity index (χ1n) is 11.6. The number of Topliss-reactive ketones (excluding diaryl/α,β-unsaturated/α-hetero) is 1. The molecule has 0 bridgehead atoms. The molecule has 0 aliphatic heterocycles. The third-order valence-corrected chi connectivity index (χ3v) is 4.97. The van der Waals surface area contributed by atoms with Crippen molar-refractivity contribution in [3.05, 3.63) is 52.3 Å². The number of hydrogen-bond donors (Lipinski definition) is 3. The second-order valence-electron chi connectivity index (χ2n) is 9.17. The van der Waals surface area contributed by atoms with Crippen LogP contribution in [0.1, 0.15) is 56.8 Å². The van der Waals surface area contributed by atoms with E-state index in [4.69, 9.17) is 14.3 Å². The largest absolute Gasteiger partial charge is 0.480 e. The van der Waals surface area contributed by atoms with E-state index in [0.717, 1.165) is 5.56 Å². The van der Waals surface area contributed by atoms with Gasteiger partial charge in [0, 0.05) is 0 Å². The van der Waals surface area contributed by atoms with Crippen molar-refractivity contribution in [3.8, 4) is 0 Å². The molecule has 2 amide bonds. The molecule has 2 unspecified atom stereocenters. The first-order valence-corrected chi connectivity index (χ1v) is 11.6. The summed E-state index contributed by atoms with van der Waals surface area (Å²) in [4.78, 5) is 61.2. The molecule has 36 heavy (non-hydrogen) atoms. The van der Waals surface area contributed by atoms with Crippen LogP contribution in [0.5, 0.6) is 0 Å². The van der Waals surface area contributed by atoms with Gasteiger partial charge in [-0.2, -0.15) is 4.68 Å². The maximum atomic E-state index is 13.1. The number of amides is 2. The second-order valence-corrected chi connectivity index (χ2v) is 9.17. The maximum absolute atomic E-state index is 13.1. The SMILES string of the molecule is CC(C)CC(NC(=O)OCc1ccccc1)C(=O)NC(CC(C)C)C(=O)c1nn(CC(=O)O)c(=O)o1. The van der Waals surface area contributed by atoms with Crippen molar-refractivity contribution >= 4 is 23.8 Å². The highest BCUT2D eigenvalue weighted by Crippen LogP contribution is 2.12. The molecular weight excluding hydrogens is 472 g/mol. The van der Waals surface area contributed by atoms with Crippen LogP contribution in [0.2, 0.25) is 0 Å². The molecule has 0 saturated heterocycles. The van der Waals surface area contributed by atoms with E-state index in [1.54, 1.807) is 12.1 Å². The third-order valence-electron chi connectivity index (χ3n) is 4.97. The van der Waals surface area contributed by atoms with E-state index in [9.17, 15) is 24.0 Å². The van der Waals surface area contributed by atoms with Crippen LogP contribution in [0, 0.1) is 11.8 Å². The molecular formula is C24H32N4O8. The van der Waals surface area contributed by atoms with Gasteiger partial charge in [0.15, 0.2) is 0 Å². The van der Waals surface area contributed by atoms with E-state index in [0.29, 0.717) is 4.68 Å². The Morgan fingerprint density at radius 3 is 2.19 bits per heavy atom. The van der Waals surface area contributed by atoms with Crippen molar-refractivity contribution in [1.29, 1.82) is 0 Å². The van der Waals surface area contributed by atoms with Crippen molar-refractivity contribution in [2.24, 2.45) is 11.8 Å². The van der Waals surface area contributed by atoms with Gasteiger partial charge in [0.25, 0.3) is 5.89 Å². The van der Waals surface area contributed by atoms with Crippen LogP contribution >= 0.6 is 0 Å². The lowest BCUT2D eigenvalue weighted by atomic mass is 9.98. The summed E-state index contributed by atoms with van der Waals surface area (Å²) in [5, 5.41) is 17.7. The summed E-state index contributed by atoms with van der Waals surface area (Å²) in [6, 6.07) is 6.93. The average Bonchev–Trinajstić information content (AvgIpc) is 3.15. The lowest BCUT2D eigenvalue weighted by Crippen LogP contribution is -2.52. The highest BCUT2D eigenvalue weighted by Gasteiger charge is 2.31. The van der Waals surface area contributed by atoms with E-state index < -0.39 is 54.0 Å². The van der Waals surface area contributed by atoms with Gasteiger partial charge in [-0.05, 0) is 30.2 Å². The monoisotopic (exact) mass is 504 g/mol. The lowest BCUT2D eigenvalue weighted by molar-refractivity contribution is -0.138. The van der Waals surface area contributed by atoms with Crippen molar-refractivity contribution in [2.75, 3.05) is 0 Å². The number of carbonyl (C=O) groups is 4. The van der Waals surface area contributed by atoms with Crippen LogP contribution in [0.3, 0.4) is 0 Å². The van der Waals surface area contributed by atoms with Crippen molar-refractivity contribution < 1.29 is 33.4 Å². The number of alkyl carbamates (subject to hydrolysis) is 1. The molecule has 0 saturated carbocycles. The van der Waals surface area contributed by atoms with Gasteiger partial charge in [0.1, 0.15) is 19.2 Å². The number of hydrogen-bond acceptors (Lipinski definition) is 8. The number of benzene rings is 1. The number of ether oxygens (including phenoxy) is 1. The number of nitrogens with zero attached hydrogens (tertiary/aromatic N) is 2. The summed E-state index contributed by atoms with van der Waals surface area (Å²) in [6.07, 6.45) is -0.325. The molecule has 12 heteroatoms. The van der Waals surface area contributed by atoms with E-state index >= 15 is 0 Å². The highest BCUT2D eigenvalue weighted by molar-refractivity contribution is 5.99. The van der Waals surface area contributed by atoms with Crippen molar-refractivity contribution in [2.45, 2.75) is 65.8 Å². The number of aromatic nitrogens is 2. The molecule has 1 aromatic carbocycles. The Hall–Kier alpha value is -3.96. The zero-order chi connectivity index (χ0) is 26.8. The Morgan fingerprint density at radius 1 is 1.00 bits per heavy atom. The molecule has 1 heterocycles. The van der Waals surface area contributed by atoms with Crippen LogP contribution in [-0.4, -0.2) is 50.7 Å². The smallest absolute Gasteiger partial charge is 0.438 e. The molecule has 196 valence electrons. The average molecular weight is 505 g/mol. The predicted molar refractivity (Wildman–Crippen MR) is 127 cm³/mol. The minimum absolute atomic E-state index is 0.0230. The maximum Gasteiger partial charge on any atom is 0.438 e. The van der Waals surface area contributed by atoms with Crippen LogP contribution in [0.15, 0.2) is 39.5 Å². The minimum Gasteiger partial charge on any atom is -0.480 e. The van der Waals surface area contributed by atoms with Crippen LogP contribution in [-0.2, 0) is 27.5 Å². The topological polar surface area (TPSA) is 170 Å². The summed E-state index contributed by atoms with van der Waals surface area (Å²) >= 11 is 0. The highest BCUT2D eigenvalue weighted by atomic mass is 16.5. The van der Waals surface area contributed by atoms with Gasteiger partial charge >= 0.3 is 17.8 Å². The number of carbonyl (C=O) groups excluding carboxylic acids is 3. The molecule has 0 aliphatic rings. The summed E-state index contributed by atoms with van der Waals surface area (Å²) in [6.45, 7) is 6.65. The molecule has 0 radical (unpaired) electrons. The van der Waals surface area contributed by atoms with Gasteiger partial charge in [-0.1, -0.05) is 58.0 Å². The van der Waals surface area contributed by atoms with Gasteiger partial charge in [0.05, 0.1) is 6.04 Å². The van der Waals surface area contributed by atoms with E-state index in [1.165, 1.54) is 0 Å². The van der Waals surface area contributed by atoms with E-state index in [-0.39, 0.29) is 31.3 Å². The zero-order valence-corrected chi connectivity index (χ0v) is 20.7. The lowest BCUT2D eigenvalue weighted by Gasteiger charge is -2.24.